The summed E-state index contributed by atoms with van der Waals surface area (Å²) in [6, 6.07) is 10.0. The molecule has 0 fully saturated rings. The van der Waals surface area contributed by atoms with Gasteiger partial charge in [-0.3, -0.25) is 4.79 Å². The Hall–Kier alpha value is -2.63. The quantitative estimate of drug-likeness (QED) is 0.852. The fraction of sp³-hybridized carbons (Fsp3) is 0.200. The normalized spacial score (nSPS) is 14.7. The Kier molecular flexibility index (Phi) is 3.43. The Morgan fingerprint density at radius 1 is 1.38 bits per heavy atom. The van der Waals surface area contributed by atoms with Gasteiger partial charge in [-0.05, 0) is 36.8 Å². The van der Waals surface area contributed by atoms with Crippen molar-refractivity contribution in [3.8, 4) is 5.75 Å². The second-order valence-electron chi connectivity index (χ2n) is 4.80. The third kappa shape index (κ3) is 2.94. The molecule has 1 aliphatic heterocycles. The molecule has 1 amide bonds. The van der Waals surface area contributed by atoms with E-state index in [4.69, 9.17) is 4.74 Å². The molecule has 0 saturated carbocycles. The van der Waals surface area contributed by atoms with Crippen molar-refractivity contribution in [3.05, 3.63) is 47.9 Å². The number of fused-ring (bicyclic) bond motifs is 1. The molecule has 21 heavy (non-hydrogen) atoms. The first-order valence-electron chi connectivity index (χ1n) is 6.57. The maximum Gasteiger partial charge on any atom is 0.262 e. The first kappa shape index (κ1) is 13.4. The van der Waals surface area contributed by atoms with Gasteiger partial charge in [0.05, 0.1) is 11.7 Å². The van der Waals surface area contributed by atoms with Gasteiger partial charge in [0.25, 0.3) is 5.91 Å². The SMILES string of the molecule is CC(Nc1cccc(F)n1)c1ccc2c(c1)NC(=O)CO2. The van der Waals surface area contributed by atoms with E-state index in [1.807, 2.05) is 19.1 Å². The maximum atomic E-state index is 13.1. The summed E-state index contributed by atoms with van der Waals surface area (Å²) in [6.45, 7) is 1.97. The first-order valence-corrected chi connectivity index (χ1v) is 6.57. The standard InChI is InChI=1S/C15H14FN3O2/c1-9(17-14-4-2-3-13(16)19-14)10-5-6-12-11(7-10)18-15(20)8-21-12/h2-7,9H,8H2,1H3,(H,17,19)(H,18,20). The molecule has 1 unspecified atom stereocenters. The first-order chi connectivity index (χ1) is 10.1. The average molecular weight is 287 g/mol. The number of pyridine rings is 1. The summed E-state index contributed by atoms with van der Waals surface area (Å²) in [5, 5.41) is 5.87. The minimum absolute atomic E-state index is 0.0351. The third-order valence-corrected chi connectivity index (χ3v) is 3.22. The van der Waals surface area contributed by atoms with Crippen molar-refractivity contribution in [2.45, 2.75) is 13.0 Å². The summed E-state index contributed by atoms with van der Waals surface area (Å²) in [7, 11) is 0. The number of halogens is 1. The average Bonchev–Trinajstić information content (AvgIpc) is 2.46. The molecule has 108 valence electrons. The zero-order valence-corrected chi connectivity index (χ0v) is 11.4. The van der Waals surface area contributed by atoms with E-state index in [1.165, 1.54) is 6.07 Å². The molecule has 1 atom stereocenters. The van der Waals surface area contributed by atoms with Gasteiger partial charge in [0.15, 0.2) is 6.61 Å². The second kappa shape index (κ2) is 5.40. The van der Waals surface area contributed by atoms with Crippen LogP contribution in [0.4, 0.5) is 15.9 Å². The van der Waals surface area contributed by atoms with Crippen LogP contribution in [0.15, 0.2) is 36.4 Å². The molecule has 1 aromatic carbocycles. The number of hydrogen-bond acceptors (Lipinski definition) is 4. The van der Waals surface area contributed by atoms with Crippen LogP contribution in [0, 0.1) is 5.95 Å². The molecule has 0 radical (unpaired) electrons. The fourth-order valence-electron chi connectivity index (χ4n) is 2.16. The number of nitrogens with zero attached hydrogens (tertiary/aromatic N) is 1. The smallest absolute Gasteiger partial charge is 0.262 e. The largest absolute Gasteiger partial charge is 0.482 e. The summed E-state index contributed by atoms with van der Waals surface area (Å²) >= 11 is 0. The van der Waals surface area contributed by atoms with Crippen molar-refractivity contribution in [2.24, 2.45) is 0 Å². The van der Waals surface area contributed by atoms with Gasteiger partial charge in [0.1, 0.15) is 11.6 Å². The lowest BCUT2D eigenvalue weighted by Gasteiger charge is -2.21. The van der Waals surface area contributed by atoms with Gasteiger partial charge in [0, 0.05) is 0 Å². The van der Waals surface area contributed by atoms with Gasteiger partial charge in [-0.2, -0.15) is 4.39 Å². The molecule has 5 nitrogen and oxygen atoms in total. The number of benzene rings is 1. The number of ether oxygens (including phenoxy) is 1. The van der Waals surface area contributed by atoms with Crippen LogP contribution in [-0.2, 0) is 4.79 Å². The van der Waals surface area contributed by atoms with Gasteiger partial charge in [-0.15, -0.1) is 0 Å². The molecule has 0 bridgehead atoms. The minimum Gasteiger partial charge on any atom is -0.482 e. The van der Waals surface area contributed by atoms with Gasteiger partial charge in [-0.25, -0.2) is 4.98 Å². The molecule has 2 N–H and O–H groups in total. The van der Waals surface area contributed by atoms with Crippen LogP contribution in [0.3, 0.4) is 0 Å². The molecule has 2 aromatic rings. The predicted octanol–water partition coefficient (Wildman–Crippen LogP) is 2.72. The van der Waals surface area contributed by atoms with E-state index in [-0.39, 0.29) is 18.6 Å². The van der Waals surface area contributed by atoms with Crippen LogP contribution < -0.4 is 15.4 Å². The van der Waals surface area contributed by atoms with Crippen LogP contribution in [0.2, 0.25) is 0 Å². The number of hydrogen-bond donors (Lipinski definition) is 2. The number of anilines is 2. The molecule has 3 rings (SSSR count). The van der Waals surface area contributed by atoms with E-state index in [1.54, 1.807) is 18.2 Å². The van der Waals surface area contributed by atoms with E-state index >= 15 is 0 Å². The summed E-state index contributed by atoms with van der Waals surface area (Å²) in [4.78, 5) is 15.1. The Balaban J connectivity index is 1.80. The van der Waals surface area contributed by atoms with Crippen LogP contribution in [-0.4, -0.2) is 17.5 Å². The second-order valence-corrected chi connectivity index (χ2v) is 4.80. The Labute approximate surface area is 121 Å². The Bertz CT molecular complexity index is 690. The van der Waals surface area contributed by atoms with Crippen molar-refractivity contribution in [3.63, 3.8) is 0 Å². The Morgan fingerprint density at radius 3 is 3.05 bits per heavy atom. The number of carbonyl (C=O) groups is 1. The molecule has 0 spiro atoms. The highest BCUT2D eigenvalue weighted by Crippen LogP contribution is 2.31. The Morgan fingerprint density at radius 2 is 2.24 bits per heavy atom. The summed E-state index contributed by atoms with van der Waals surface area (Å²) in [5.74, 6) is 0.403. The number of aromatic nitrogens is 1. The molecule has 2 heterocycles. The van der Waals surface area contributed by atoms with E-state index in [0.717, 1.165) is 5.56 Å². The molecule has 1 aliphatic rings. The van der Waals surface area contributed by atoms with Crippen LogP contribution in [0.25, 0.3) is 0 Å². The molecular formula is C15H14FN3O2. The number of nitrogens with one attached hydrogen (secondary N) is 2. The van der Waals surface area contributed by atoms with Gasteiger partial charge in [0.2, 0.25) is 5.95 Å². The van der Waals surface area contributed by atoms with Crippen molar-refractivity contribution < 1.29 is 13.9 Å². The molecule has 0 aliphatic carbocycles. The zero-order chi connectivity index (χ0) is 14.8. The monoisotopic (exact) mass is 287 g/mol. The number of rotatable bonds is 3. The van der Waals surface area contributed by atoms with Crippen LogP contribution >= 0.6 is 0 Å². The molecular weight excluding hydrogens is 273 g/mol. The summed E-state index contributed by atoms with van der Waals surface area (Å²) in [5.41, 5.74) is 1.58. The van der Waals surface area contributed by atoms with E-state index in [9.17, 15) is 9.18 Å². The highest BCUT2D eigenvalue weighted by Gasteiger charge is 2.17. The number of carbonyl (C=O) groups excluding carboxylic acids is 1. The minimum atomic E-state index is -0.529. The van der Waals surface area contributed by atoms with E-state index in [0.29, 0.717) is 17.3 Å². The van der Waals surface area contributed by atoms with Crippen molar-refractivity contribution in [1.82, 2.24) is 4.98 Å². The van der Waals surface area contributed by atoms with Crippen LogP contribution in [0.5, 0.6) is 5.75 Å². The fourth-order valence-corrected chi connectivity index (χ4v) is 2.16. The highest BCUT2D eigenvalue weighted by molar-refractivity contribution is 5.95. The molecule has 6 heteroatoms. The van der Waals surface area contributed by atoms with Crippen molar-refractivity contribution in [1.29, 1.82) is 0 Å². The number of amides is 1. The van der Waals surface area contributed by atoms with Crippen molar-refractivity contribution in [2.75, 3.05) is 17.2 Å². The maximum absolute atomic E-state index is 13.1. The van der Waals surface area contributed by atoms with E-state index < -0.39 is 5.95 Å². The van der Waals surface area contributed by atoms with Gasteiger partial charge in [-0.1, -0.05) is 12.1 Å². The van der Waals surface area contributed by atoms with Crippen molar-refractivity contribution >= 4 is 17.4 Å². The predicted molar refractivity (Wildman–Crippen MR) is 76.8 cm³/mol. The van der Waals surface area contributed by atoms with Gasteiger partial charge >= 0.3 is 0 Å². The van der Waals surface area contributed by atoms with Crippen LogP contribution in [0.1, 0.15) is 18.5 Å². The summed E-state index contributed by atoms with van der Waals surface area (Å²) in [6.07, 6.45) is 0. The zero-order valence-electron chi connectivity index (χ0n) is 11.4. The molecule has 0 saturated heterocycles. The lowest BCUT2D eigenvalue weighted by atomic mass is 10.1. The summed E-state index contributed by atoms with van der Waals surface area (Å²) < 4.78 is 18.4. The topological polar surface area (TPSA) is 63.2 Å². The molecule has 1 aromatic heterocycles. The lowest BCUT2D eigenvalue weighted by molar-refractivity contribution is -0.118. The van der Waals surface area contributed by atoms with E-state index in [2.05, 4.69) is 15.6 Å². The van der Waals surface area contributed by atoms with Gasteiger partial charge < -0.3 is 15.4 Å². The highest BCUT2D eigenvalue weighted by atomic mass is 19.1. The lowest BCUT2D eigenvalue weighted by Crippen LogP contribution is -2.25. The third-order valence-electron chi connectivity index (χ3n) is 3.22.